The van der Waals surface area contributed by atoms with Gasteiger partial charge in [-0.1, -0.05) is 94.5 Å². The average molecular weight is 391 g/mol. The van der Waals surface area contributed by atoms with Crippen molar-refractivity contribution in [2.24, 2.45) is 5.92 Å². The summed E-state index contributed by atoms with van der Waals surface area (Å²) in [6.45, 7) is 4.59. The summed E-state index contributed by atoms with van der Waals surface area (Å²) in [7, 11) is 0. The molecule has 0 saturated heterocycles. The molecule has 0 heteroatoms. The van der Waals surface area contributed by atoms with E-state index < -0.39 is 0 Å². The van der Waals surface area contributed by atoms with Crippen LogP contribution in [0.15, 0.2) is 48.5 Å². The molecule has 1 fully saturated rings. The monoisotopic (exact) mass is 390 g/mol. The maximum absolute atomic E-state index is 2.42. The van der Waals surface area contributed by atoms with Crippen molar-refractivity contribution < 1.29 is 0 Å². The van der Waals surface area contributed by atoms with Gasteiger partial charge >= 0.3 is 0 Å². The molecule has 0 bridgehead atoms. The van der Waals surface area contributed by atoms with Crippen molar-refractivity contribution in [3.63, 3.8) is 0 Å². The minimum absolute atomic E-state index is 0.808. The highest BCUT2D eigenvalue weighted by Crippen LogP contribution is 2.37. The molecule has 0 N–H and O–H groups in total. The van der Waals surface area contributed by atoms with Gasteiger partial charge in [-0.05, 0) is 85.5 Å². The molecule has 1 aliphatic carbocycles. The Hall–Kier alpha value is -1.56. The molecule has 3 rings (SSSR count). The summed E-state index contributed by atoms with van der Waals surface area (Å²) in [6.07, 6.45) is 17.4. The summed E-state index contributed by atoms with van der Waals surface area (Å²) >= 11 is 0. The SMILES string of the molecule is CCCCCc1ccc(CCc2ccc([C@H]3CC[C@H](CCCC)CC3)cc2)cc1. The molecule has 0 unspecified atom stereocenters. The fourth-order valence-electron chi connectivity index (χ4n) is 4.97. The number of aryl methyl sites for hydroxylation is 3. The number of rotatable bonds is 11. The molecule has 0 nitrogen and oxygen atoms in total. The van der Waals surface area contributed by atoms with Crippen LogP contribution in [0.4, 0.5) is 0 Å². The molecular formula is C29H42. The standard InChI is InChI=1S/C29H42/c1-3-5-7-9-25-10-12-26(13-11-25)14-15-27-18-22-29(23-19-27)28-20-16-24(17-21-28)8-6-4-2/h10-13,18-19,22-24,28H,3-9,14-17,20-21H2,1-2H3/t24-,28-. The van der Waals surface area contributed by atoms with Gasteiger partial charge in [0.2, 0.25) is 0 Å². The van der Waals surface area contributed by atoms with Crippen molar-refractivity contribution in [2.75, 3.05) is 0 Å². The van der Waals surface area contributed by atoms with Crippen molar-refractivity contribution >= 4 is 0 Å². The number of benzene rings is 2. The van der Waals surface area contributed by atoms with E-state index in [1.807, 2.05) is 0 Å². The fraction of sp³-hybridized carbons (Fsp3) is 0.586. The molecule has 0 heterocycles. The Bertz CT molecular complexity index is 671. The molecule has 1 aliphatic rings. The molecule has 2 aromatic rings. The third-order valence-electron chi connectivity index (χ3n) is 7.06. The van der Waals surface area contributed by atoms with Crippen LogP contribution in [0.5, 0.6) is 0 Å². The number of hydrogen-bond donors (Lipinski definition) is 0. The van der Waals surface area contributed by atoms with E-state index in [-0.39, 0.29) is 0 Å². The predicted molar refractivity (Wildman–Crippen MR) is 128 cm³/mol. The van der Waals surface area contributed by atoms with E-state index in [0.29, 0.717) is 0 Å². The van der Waals surface area contributed by atoms with Gasteiger partial charge in [-0.2, -0.15) is 0 Å². The zero-order valence-electron chi connectivity index (χ0n) is 19.0. The smallest absolute Gasteiger partial charge is 0.0162 e. The van der Waals surface area contributed by atoms with Crippen LogP contribution in [0, 0.1) is 5.92 Å². The van der Waals surface area contributed by atoms with Gasteiger partial charge in [0.15, 0.2) is 0 Å². The van der Waals surface area contributed by atoms with Crippen LogP contribution in [0.1, 0.15) is 106 Å². The molecule has 0 atom stereocenters. The Labute approximate surface area is 180 Å². The van der Waals surface area contributed by atoms with E-state index in [1.54, 1.807) is 5.56 Å². The zero-order chi connectivity index (χ0) is 20.3. The van der Waals surface area contributed by atoms with Gasteiger partial charge in [-0.25, -0.2) is 0 Å². The highest BCUT2D eigenvalue weighted by atomic mass is 14.3. The molecule has 0 spiro atoms. The van der Waals surface area contributed by atoms with Crippen molar-refractivity contribution in [3.05, 3.63) is 70.8 Å². The van der Waals surface area contributed by atoms with Gasteiger partial charge < -0.3 is 0 Å². The lowest BCUT2D eigenvalue weighted by molar-refractivity contribution is 0.304. The molecule has 2 aromatic carbocycles. The fourth-order valence-corrected chi connectivity index (χ4v) is 4.97. The summed E-state index contributed by atoms with van der Waals surface area (Å²) in [4.78, 5) is 0. The Balaban J connectivity index is 1.42. The Kier molecular flexibility index (Phi) is 9.32. The topological polar surface area (TPSA) is 0 Å². The first-order valence-electron chi connectivity index (χ1n) is 12.4. The second-order valence-electron chi connectivity index (χ2n) is 9.38. The van der Waals surface area contributed by atoms with Crippen molar-refractivity contribution in [3.8, 4) is 0 Å². The number of hydrogen-bond acceptors (Lipinski definition) is 0. The molecule has 0 aromatic heterocycles. The Morgan fingerprint density at radius 2 is 1.10 bits per heavy atom. The predicted octanol–water partition coefficient (Wildman–Crippen LogP) is 8.67. The molecular weight excluding hydrogens is 348 g/mol. The molecule has 1 saturated carbocycles. The van der Waals surface area contributed by atoms with E-state index in [4.69, 9.17) is 0 Å². The van der Waals surface area contributed by atoms with E-state index in [9.17, 15) is 0 Å². The normalized spacial score (nSPS) is 19.4. The van der Waals surface area contributed by atoms with Crippen molar-refractivity contribution in [2.45, 2.75) is 103 Å². The zero-order valence-corrected chi connectivity index (χ0v) is 19.0. The highest BCUT2D eigenvalue weighted by molar-refractivity contribution is 5.28. The van der Waals surface area contributed by atoms with Crippen LogP contribution in [-0.4, -0.2) is 0 Å². The second-order valence-corrected chi connectivity index (χ2v) is 9.38. The van der Waals surface area contributed by atoms with Gasteiger partial charge in [-0.15, -0.1) is 0 Å². The molecule has 0 radical (unpaired) electrons. The summed E-state index contributed by atoms with van der Waals surface area (Å²) in [5.41, 5.74) is 6.03. The Morgan fingerprint density at radius 1 is 0.586 bits per heavy atom. The summed E-state index contributed by atoms with van der Waals surface area (Å²) in [6, 6.07) is 19.0. The molecule has 158 valence electrons. The van der Waals surface area contributed by atoms with Gasteiger partial charge in [-0.3, -0.25) is 0 Å². The van der Waals surface area contributed by atoms with Crippen molar-refractivity contribution in [1.29, 1.82) is 0 Å². The van der Waals surface area contributed by atoms with Gasteiger partial charge in [0, 0.05) is 0 Å². The van der Waals surface area contributed by atoms with E-state index in [2.05, 4.69) is 62.4 Å². The average Bonchev–Trinajstić information content (AvgIpc) is 2.78. The number of unbranched alkanes of at least 4 members (excludes halogenated alkanes) is 3. The van der Waals surface area contributed by atoms with Crippen LogP contribution < -0.4 is 0 Å². The van der Waals surface area contributed by atoms with E-state index in [1.165, 1.54) is 87.3 Å². The van der Waals surface area contributed by atoms with E-state index >= 15 is 0 Å². The maximum Gasteiger partial charge on any atom is -0.0162 e. The lowest BCUT2D eigenvalue weighted by Gasteiger charge is -2.29. The Morgan fingerprint density at radius 3 is 1.66 bits per heavy atom. The van der Waals surface area contributed by atoms with Gasteiger partial charge in [0.25, 0.3) is 0 Å². The molecule has 0 aliphatic heterocycles. The van der Waals surface area contributed by atoms with Crippen LogP contribution in [-0.2, 0) is 19.3 Å². The summed E-state index contributed by atoms with van der Waals surface area (Å²) < 4.78 is 0. The summed E-state index contributed by atoms with van der Waals surface area (Å²) in [5.74, 6) is 1.81. The maximum atomic E-state index is 2.42. The highest BCUT2D eigenvalue weighted by Gasteiger charge is 2.21. The van der Waals surface area contributed by atoms with Crippen LogP contribution in [0.25, 0.3) is 0 Å². The molecule has 0 amide bonds. The lowest BCUT2D eigenvalue weighted by atomic mass is 9.77. The van der Waals surface area contributed by atoms with Crippen LogP contribution >= 0.6 is 0 Å². The van der Waals surface area contributed by atoms with Gasteiger partial charge in [0.1, 0.15) is 0 Å². The quantitative estimate of drug-likeness (QED) is 0.337. The summed E-state index contributed by atoms with van der Waals surface area (Å²) in [5, 5.41) is 0. The molecule has 29 heavy (non-hydrogen) atoms. The second kappa shape index (κ2) is 12.2. The third-order valence-corrected chi connectivity index (χ3v) is 7.06. The first-order valence-corrected chi connectivity index (χ1v) is 12.4. The minimum Gasteiger partial charge on any atom is -0.0654 e. The third kappa shape index (κ3) is 7.32. The first kappa shape index (κ1) is 22.1. The largest absolute Gasteiger partial charge is 0.0654 e. The van der Waals surface area contributed by atoms with Crippen molar-refractivity contribution in [1.82, 2.24) is 0 Å². The van der Waals surface area contributed by atoms with Crippen LogP contribution in [0.3, 0.4) is 0 Å². The first-order chi connectivity index (χ1) is 14.3. The van der Waals surface area contributed by atoms with Gasteiger partial charge in [0.05, 0.1) is 0 Å². The minimum atomic E-state index is 0.808. The van der Waals surface area contributed by atoms with Crippen LogP contribution in [0.2, 0.25) is 0 Å². The van der Waals surface area contributed by atoms with E-state index in [0.717, 1.165) is 24.7 Å². The lowest BCUT2D eigenvalue weighted by Crippen LogP contribution is -2.13.